The normalized spacial score (nSPS) is 26.7. The first kappa shape index (κ1) is 11.9. The van der Waals surface area contributed by atoms with Gasteiger partial charge in [0.2, 0.25) is 0 Å². The van der Waals surface area contributed by atoms with Gasteiger partial charge in [0.15, 0.2) is 0 Å². The predicted octanol–water partition coefficient (Wildman–Crippen LogP) is 2.05. The maximum Gasteiger partial charge on any atom is 0.254 e. The highest BCUT2D eigenvalue weighted by Crippen LogP contribution is 2.36. The summed E-state index contributed by atoms with van der Waals surface area (Å²) in [6, 6.07) is 3.39. The van der Waals surface area contributed by atoms with Crippen LogP contribution in [0, 0.1) is 5.82 Å². The van der Waals surface area contributed by atoms with Crippen molar-refractivity contribution in [2.24, 2.45) is 0 Å². The third kappa shape index (κ3) is 1.71. The van der Waals surface area contributed by atoms with E-state index >= 15 is 0 Å². The van der Waals surface area contributed by atoms with E-state index in [4.69, 9.17) is 11.8 Å². The van der Waals surface area contributed by atoms with Gasteiger partial charge in [-0.25, -0.2) is 8.81 Å². The number of hydrogen-bond acceptors (Lipinski definition) is 2. The summed E-state index contributed by atoms with van der Waals surface area (Å²) >= 11 is 6.00. The van der Waals surface area contributed by atoms with E-state index in [1.54, 1.807) is 4.42 Å². The topological polar surface area (TPSA) is 32.3 Å². The third-order valence-electron chi connectivity index (χ3n) is 3.81. The Balaban J connectivity index is 2.14. The molecule has 2 aliphatic rings. The lowest BCUT2D eigenvalue weighted by atomic mass is 9.85. The molecule has 1 amide bonds. The number of amides is 1. The molecule has 1 fully saturated rings. The number of carbonyl (C=O) groups is 1. The van der Waals surface area contributed by atoms with Crippen molar-refractivity contribution in [2.75, 3.05) is 13.1 Å². The number of aryl methyl sites for hydroxylation is 1. The Bertz CT molecular complexity index is 520. The fourth-order valence-corrected chi connectivity index (χ4v) is 3.18. The first-order valence-corrected chi connectivity index (χ1v) is 6.48. The van der Waals surface area contributed by atoms with Crippen molar-refractivity contribution >= 4 is 17.7 Å². The smallest absolute Gasteiger partial charge is 0.254 e. The van der Waals surface area contributed by atoms with Crippen LogP contribution in [0.4, 0.5) is 4.39 Å². The zero-order valence-corrected chi connectivity index (χ0v) is 10.8. The average molecular weight is 269 g/mol. The lowest BCUT2D eigenvalue weighted by molar-refractivity contribution is 0.0919. The maximum atomic E-state index is 14.0. The molecule has 0 aliphatic carbocycles. The number of benzene rings is 1. The summed E-state index contributed by atoms with van der Waals surface area (Å²) in [5, 5.41) is 2.84. The molecule has 1 N–H and O–H groups in total. The van der Waals surface area contributed by atoms with Gasteiger partial charge < -0.3 is 5.32 Å². The van der Waals surface area contributed by atoms with Crippen LogP contribution in [-0.2, 0) is 6.42 Å². The molecule has 0 spiro atoms. The molecule has 18 heavy (non-hydrogen) atoms. The second-order valence-electron chi connectivity index (χ2n) is 4.91. The molecule has 1 saturated heterocycles. The number of hydrogen-bond donors (Lipinski definition) is 1. The minimum absolute atomic E-state index is 0.00555. The second-order valence-corrected chi connectivity index (χ2v) is 5.39. The van der Waals surface area contributed by atoms with Crippen LogP contribution in [0.25, 0.3) is 0 Å². The van der Waals surface area contributed by atoms with E-state index < -0.39 is 5.82 Å². The van der Waals surface area contributed by atoms with Crippen LogP contribution >= 0.6 is 11.8 Å². The Kier molecular flexibility index (Phi) is 2.79. The highest BCUT2D eigenvalue weighted by Gasteiger charge is 2.41. The summed E-state index contributed by atoms with van der Waals surface area (Å²) in [6.45, 7) is 3.23. The Morgan fingerprint density at radius 2 is 2.28 bits per heavy atom. The van der Waals surface area contributed by atoms with Gasteiger partial charge in [-0.05, 0) is 35.4 Å². The van der Waals surface area contributed by atoms with E-state index in [1.165, 1.54) is 6.07 Å². The van der Waals surface area contributed by atoms with Crippen LogP contribution in [0.3, 0.4) is 0 Å². The molecule has 2 heterocycles. The first-order valence-electron chi connectivity index (χ1n) is 6.14. The Labute approximate surface area is 110 Å². The van der Waals surface area contributed by atoms with Crippen molar-refractivity contribution in [2.45, 2.75) is 25.3 Å². The number of halogens is 2. The van der Waals surface area contributed by atoms with E-state index in [-0.39, 0.29) is 23.4 Å². The lowest BCUT2D eigenvalue weighted by Crippen LogP contribution is -2.44. The van der Waals surface area contributed by atoms with Crippen molar-refractivity contribution < 1.29 is 9.18 Å². The highest BCUT2D eigenvalue weighted by atomic mass is 35.5. The quantitative estimate of drug-likeness (QED) is 0.791. The number of nitrogens with zero attached hydrogens (tertiary/aromatic N) is 1. The van der Waals surface area contributed by atoms with Gasteiger partial charge in [-0.15, -0.1) is 0 Å². The van der Waals surface area contributed by atoms with E-state index in [0.29, 0.717) is 13.1 Å². The van der Waals surface area contributed by atoms with Crippen LogP contribution in [0.2, 0.25) is 0 Å². The molecule has 2 atom stereocenters. The molecule has 5 heteroatoms. The van der Waals surface area contributed by atoms with Crippen LogP contribution < -0.4 is 5.32 Å². The number of fused-ring (bicyclic) bond motifs is 3. The summed E-state index contributed by atoms with van der Waals surface area (Å²) in [5.41, 5.74) is 1.93. The molecular formula is C13H14ClFN2O. The van der Waals surface area contributed by atoms with E-state index in [2.05, 4.69) is 5.32 Å². The van der Waals surface area contributed by atoms with Gasteiger partial charge in [0.1, 0.15) is 5.82 Å². The summed E-state index contributed by atoms with van der Waals surface area (Å²) in [5.74, 6) is -0.650. The standard InChI is InChI=1S/C13H14ClFN2O/c1-2-7-3-8-9-5-17(14)6-11(9)16-13(18)12(8)10(15)4-7/h3-4,9,11H,2,5-6H2,1H3,(H,16,18)/t9-,11+/m0/s1. The molecule has 0 unspecified atom stereocenters. The Morgan fingerprint density at radius 1 is 1.50 bits per heavy atom. The molecule has 0 radical (unpaired) electrons. The third-order valence-corrected chi connectivity index (χ3v) is 4.08. The van der Waals surface area contributed by atoms with Gasteiger partial charge in [0.05, 0.1) is 11.6 Å². The zero-order valence-electron chi connectivity index (χ0n) is 10.0. The Hall–Kier alpha value is -1.13. The van der Waals surface area contributed by atoms with Crippen LogP contribution in [0.1, 0.15) is 34.3 Å². The lowest BCUT2D eigenvalue weighted by Gasteiger charge is -2.28. The fraction of sp³-hybridized carbons (Fsp3) is 0.462. The molecule has 1 aromatic rings. The SMILES string of the molecule is CCc1cc(F)c2c(c1)[C@@H]1CN(Cl)C[C@H]1NC2=O. The van der Waals surface area contributed by atoms with Gasteiger partial charge in [-0.1, -0.05) is 13.0 Å². The Morgan fingerprint density at radius 3 is 3.00 bits per heavy atom. The molecular weight excluding hydrogens is 255 g/mol. The van der Waals surface area contributed by atoms with Crippen molar-refractivity contribution in [3.05, 3.63) is 34.6 Å². The molecule has 2 aliphatic heterocycles. The molecule has 0 bridgehead atoms. The predicted molar refractivity (Wildman–Crippen MR) is 67.2 cm³/mol. The largest absolute Gasteiger partial charge is 0.347 e. The van der Waals surface area contributed by atoms with E-state index in [9.17, 15) is 9.18 Å². The number of nitrogens with one attached hydrogen (secondary N) is 1. The molecule has 0 saturated carbocycles. The maximum absolute atomic E-state index is 14.0. The zero-order chi connectivity index (χ0) is 12.9. The number of carbonyl (C=O) groups excluding carboxylic acids is 1. The van der Waals surface area contributed by atoms with Gasteiger partial charge in [-0.2, -0.15) is 0 Å². The van der Waals surface area contributed by atoms with Crippen molar-refractivity contribution in [3.8, 4) is 0 Å². The van der Waals surface area contributed by atoms with Gasteiger partial charge in [-0.3, -0.25) is 4.79 Å². The molecule has 1 aromatic carbocycles. The van der Waals surface area contributed by atoms with Crippen LogP contribution in [0.15, 0.2) is 12.1 Å². The van der Waals surface area contributed by atoms with Crippen molar-refractivity contribution in [1.82, 2.24) is 9.74 Å². The minimum atomic E-state index is -0.423. The second kappa shape index (κ2) is 4.21. The minimum Gasteiger partial charge on any atom is -0.347 e. The molecule has 0 aromatic heterocycles. The van der Waals surface area contributed by atoms with E-state index in [1.807, 2.05) is 13.0 Å². The fourth-order valence-electron chi connectivity index (χ4n) is 2.88. The first-order chi connectivity index (χ1) is 8.60. The summed E-state index contributed by atoms with van der Waals surface area (Å²) in [6.07, 6.45) is 0.758. The summed E-state index contributed by atoms with van der Waals surface area (Å²) in [4.78, 5) is 11.9. The van der Waals surface area contributed by atoms with Crippen molar-refractivity contribution in [1.29, 1.82) is 0 Å². The number of rotatable bonds is 1. The van der Waals surface area contributed by atoms with Gasteiger partial charge in [0.25, 0.3) is 5.91 Å². The molecule has 3 rings (SSSR count). The van der Waals surface area contributed by atoms with E-state index in [0.717, 1.165) is 17.5 Å². The van der Waals surface area contributed by atoms with Crippen LogP contribution in [-0.4, -0.2) is 29.5 Å². The molecule has 96 valence electrons. The summed E-state index contributed by atoms with van der Waals surface area (Å²) < 4.78 is 15.7. The van der Waals surface area contributed by atoms with Crippen molar-refractivity contribution in [3.63, 3.8) is 0 Å². The highest BCUT2D eigenvalue weighted by molar-refractivity contribution is 6.13. The van der Waals surface area contributed by atoms with Gasteiger partial charge in [0, 0.05) is 19.0 Å². The summed E-state index contributed by atoms with van der Waals surface area (Å²) in [7, 11) is 0. The monoisotopic (exact) mass is 268 g/mol. The van der Waals surface area contributed by atoms with Crippen LogP contribution in [0.5, 0.6) is 0 Å². The van der Waals surface area contributed by atoms with Gasteiger partial charge >= 0.3 is 0 Å². The molecule has 3 nitrogen and oxygen atoms in total. The average Bonchev–Trinajstić information content (AvgIpc) is 2.69.